The fourth-order valence-electron chi connectivity index (χ4n) is 2.27. The Hall–Kier alpha value is -1.65. The number of fused-ring (bicyclic) bond motifs is 1. The molecule has 0 saturated heterocycles. The second kappa shape index (κ2) is 3.42. The van der Waals surface area contributed by atoms with Crippen molar-refractivity contribution in [3.8, 4) is 0 Å². The average Bonchev–Trinajstić information content (AvgIpc) is 3.06. The Balaban J connectivity index is 2.00. The third-order valence-corrected chi connectivity index (χ3v) is 3.57. The summed E-state index contributed by atoms with van der Waals surface area (Å²) in [6.07, 6.45) is 6.03. The third kappa shape index (κ3) is 1.75. The van der Waals surface area contributed by atoms with Crippen molar-refractivity contribution in [2.75, 3.05) is 5.32 Å². The van der Waals surface area contributed by atoms with Crippen LogP contribution in [0.5, 0.6) is 0 Å². The van der Waals surface area contributed by atoms with E-state index in [0.29, 0.717) is 0 Å². The molecular formula is C12H17N5. The van der Waals surface area contributed by atoms with Crippen LogP contribution in [-0.4, -0.2) is 25.3 Å². The zero-order valence-electron chi connectivity index (χ0n) is 10.4. The number of hydrogen-bond donors (Lipinski definition) is 1. The SMILES string of the molecule is Cn1ncc2c(NC(C)(C)C3CC3)ncnc21. The number of nitrogens with zero attached hydrogens (tertiary/aromatic N) is 4. The van der Waals surface area contributed by atoms with Gasteiger partial charge in [0, 0.05) is 12.6 Å². The standard InChI is InChI=1S/C12H17N5/c1-12(2,8-4-5-8)16-10-9-6-15-17(3)11(9)14-7-13-10/h6-8H,4-5H2,1-3H3,(H,13,14,16). The highest BCUT2D eigenvalue weighted by atomic mass is 15.3. The molecule has 1 fully saturated rings. The molecule has 1 saturated carbocycles. The van der Waals surface area contributed by atoms with Gasteiger partial charge in [-0.15, -0.1) is 0 Å². The van der Waals surface area contributed by atoms with Gasteiger partial charge in [-0.25, -0.2) is 9.97 Å². The summed E-state index contributed by atoms with van der Waals surface area (Å²) in [5.41, 5.74) is 0.964. The minimum atomic E-state index is 0.0944. The van der Waals surface area contributed by atoms with Crippen molar-refractivity contribution >= 4 is 16.9 Å². The van der Waals surface area contributed by atoms with E-state index in [0.717, 1.165) is 22.8 Å². The zero-order chi connectivity index (χ0) is 12.0. The van der Waals surface area contributed by atoms with E-state index in [9.17, 15) is 0 Å². The summed E-state index contributed by atoms with van der Waals surface area (Å²) >= 11 is 0. The number of rotatable bonds is 3. The summed E-state index contributed by atoms with van der Waals surface area (Å²) in [7, 11) is 1.89. The molecule has 90 valence electrons. The van der Waals surface area contributed by atoms with Gasteiger partial charge >= 0.3 is 0 Å². The molecule has 0 aliphatic heterocycles. The lowest BCUT2D eigenvalue weighted by Gasteiger charge is -2.26. The Labute approximate surface area is 100 Å². The van der Waals surface area contributed by atoms with Crippen LogP contribution in [0, 0.1) is 5.92 Å². The maximum Gasteiger partial charge on any atom is 0.163 e. The molecule has 2 aromatic rings. The Morgan fingerprint density at radius 1 is 1.35 bits per heavy atom. The number of hydrogen-bond acceptors (Lipinski definition) is 4. The molecule has 2 aromatic heterocycles. The zero-order valence-corrected chi connectivity index (χ0v) is 10.4. The van der Waals surface area contributed by atoms with Gasteiger partial charge in [-0.2, -0.15) is 5.10 Å². The summed E-state index contributed by atoms with van der Waals surface area (Å²) in [5, 5.41) is 8.74. The van der Waals surface area contributed by atoms with E-state index in [4.69, 9.17) is 0 Å². The molecule has 3 rings (SSSR count). The van der Waals surface area contributed by atoms with Gasteiger partial charge < -0.3 is 5.32 Å². The quantitative estimate of drug-likeness (QED) is 0.877. The molecule has 1 aliphatic carbocycles. The normalized spacial score (nSPS) is 16.4. The lowest BCUT2D eigenvalue weighted by atomic mass is 9.99. The molecule has 5 heteroatoms. The van der Waals surface area contributed by atoms with Gasteiger partial charge in [-0.3, -0.25) is 4.68 Å². The molecule has 0 radical (unpaired) electrons. The van der Waals surface area contributed by atoms with Crippen molar-refractivity contribution < 1.29 is 0 Å². The number of aromatic nitrogens is 4. The Morgan fingerprint density at radius 3 is 2.82 bits per heavy atom. The summed E-state index contributed by atoms with van der Waals surface area (Å²) in [6.45, 7) is 4.46. The van der Waals surface area contributed by atoms with Crippen LogP contribution >= 0.6 is 0 Å². The van der Waals surface area contributed by atoms with Crippen LogP contribution in [0.3, 0.4) is 0 Å². The topological polar surface area (TPSA) is 55.6 Å². The lowest BCUT2D eigenvalue weighted by Crippen LogP contribution is -2.33. The molecule has 2 heterocycles. The Kier molecular flexibility index (Phi) is 2.11. The van der Waals surface area contributed by atoms with E-state index < -0.39 is 0 Å². The van der Waals surface area contributed by atoms with E-state index in [2.05, 4.69) is 34.2 Å². The van der Waals surface area contributed by atoms with Crippen molar-refractivity contribution in [2.24, 2.45) is 13.0 Å². The van der Waals surface area contributed by atoms with Crippen LogP contribution in [0.2, 0.25) is 0 Å². The van der Waals surface area contributed by atoms with Crippen molar-refractivity contribution in [3.63, 3.8) is 0 Å². The predicted molar refractivity (Wildman–Crippen MR) is 66.7 cm³/mol. The van der Waals surface area contributed by atoms with Gasteiger partial charge in [0.15, 0.2) is 5.65 Å². The van der Waals surface area contributed by atoms with E-state index in [1.165, 1.54) is 12.8 Å². The fourth-order valence-corrected chi connectivity index (χ4v) is 2.27. The van der Waals surface area contributed by atoms with Crippen molar-refractivity contribution in [3.05, 3.63) is 12.5 Å². The molecule has 0 aromatic carbocycles. The van der Waals surface area contributed by atoms with Gasteiger partial charge in [-0.05, 0) is 32.6 Å². The predicted octanol–water partition coefficient (Wildman–Crippen LogP) is 1.96. The summed E-state index contributed by atoms with van der Waals surface area (Å²) < 4.78 is 1.77. The monoisotopic (exact) mass is 231 g/mol. The molecule has 0 spiro atoms. The summed E-state index contributed by atoms with van der Waals surface area (Å²) in [6, 6.07) is 0. The van der Waals surface area contributed by atoms with Crippen LogP contribution in [0.25, 0.3) is 11.0 Å². The highest BCUT2D eigenvalue weighted by molar-refractivity contribution is 5.86. The molecule has 5 nitrogen and oxygen atoms in total. The smallest absolute Gasteiger partial charge is 0.163 e. The molecule has 0 bridgehead atoms. The van der Waals surface area contributed by atoms with E-state index >= 15 is 0 Å². The van der Waals surface area contributed by atoms with Gasteiger partial charge in [0.05, 0.1) is 11.6 Å². The molecule has 1 aliphatic rings. The van der Waals surface area contributed by atoms with Gasteiger partial charge in [-0.1, -0.05) is 0 Å². The maximum atomic E-state index is 4.34. The van der Waals surface area contributed by atoms with E-state index in [-0.39, 0.29) is 5.54 Å². The lowest BCUT2D eigenvalue weighted by molar-refractivity contribution is 0.493. The molecular weight excluding hydrogens is 214 g/mol. The van der Waals surface area contributed by atoms with Crippen molar-refractivity contribution in [1.29, 1.82) is 0 Å². The first-order valence-electron chi connectivity index (χ1n) is 5.99. The van der Waals surface area contributed by atoms with Crippen LogP contribution in [0.1, 0.15) is 26.7 Å². The molecule has 0 unspecified atom stereocenters. The first-order chi connectivity index (χ1) is 8.08. The number of nitrogens with one attached hydrogen (secondary N) is 1. The Morgan fingerprint density at radius 2 is 2.12 bits per heavy atom. The average molecular weight is 231 g/mol. The minimum absolute atomic E-state index is 0.0944. The fraction of sp³-hybridized carbons (Fsp3) is 0.583. The second-order valence-electron chi connectivity index (χ2n) is 5.35. The van der Waals surface area contributed by atoms with Crippen LogP contribution in [0.15, 0.2) is 12.5 Å². The van der Waals surface area contributed by atoms with Crippen LogP contribution < -0.4 is 5.32 Å². The van der Waals surface area contributed by atoms with E-state index in [1.54, 1.807) is 11.0 Å². The first-order valence-corrected chi connectivity index (χ1v) is 5.99. The molecule has 17 heavy (non-hydrogen) atoms. The second-order valence-corrected chi connectivity index (χ2v) is 5.35. The van der Waals surface area contributed by atoms with Crippen LogP contribution in [0.4, 0.5) is 5.82 Å². The van der Waals surface area contributed by atoms with Gasteiger partial charge in [0.1, 0.15) is 12.1 Å². The van der Waals surface area contributed by atoms with Crippen LogP contribution in [-0.2, 0) is 7.05 Å². The molecule has 0 amide bonds. The minimum Gasteiger partial charge on any atom is -0.364 e. The van der Waals surface area contributed by atoms with Gasteiger partial charge in [0.2, 0.25) is 0 Å². The molecule has 0 atom stereocenters. The highest BCUT2D eigenvalue weighted by Gasteiger charge is 2.38. The Bertz CT molecular complexity index is 553. The maximum absolute atomic E-state index is 4.34. The first kappa shape index (κ1) is 10.5. The number of aryl methyl sites for hydroxylation is 1. The summed E-state index contributed by atoms with van der Waals surface area (Å²) in [4.78, 5) is 8.58. The molecule has 1 N–H and O–H groups in total. The largest absolute Gasteiger partial charge is 0.364 e. The highest BCUT2D eigenvalue weighted by Crippen LogP contribution is 2.41. The number of anilines is 1. The van der Waals surface area contributed by atoms with Crippen molar-refractivity contribution in [1.82, 2.24) is 19.7 Å². The third-order valence-electron chi connectivity index (χ3n) is 3.57. The summed E-state index contributed by atoms with van der Waals surface area (Å²) in [5.74, 6) is 1.64. The van der Waals surface area contributed by atoms with E-state index in [1.807, 2.05) is 13.2 Å². The van der Waals surface area contributed by atoms with Gasteiger partial charge in [0.25, 0.3) is 0 Å². The van der Waals surface area contributed by atoms with Crippen molar-refractivity contribution in [2.45, 2.75) is 32.2 Å².